The van der Waals surface area contributed by atoms with Crippen molar-refractivity contribution in [1.82, 2.24) is 10.3 Å². The first-order chi connectivity index (χ1) is 13.3. The number of fused-ring (bicyclic) bond motifs is 1. The highest BCUT2D eigenvalue weighted by molar-refractivity contribution is 5.97. The van der Waals surface area contributed by atoms with Crippen LogP contribution in [0.2, 0.25) is 0 Å². The Kier molecular flexibility index (Phi) is 7.61. The lowest BCUT2D eigenvalue weighted by molar-refractivity contribution is 0.0940. The molecule has 3 rings (SSSR count). The van der Waals surface area contributed by atoms with Crippen molar-refractivity contribution < 1.29 is 13.6 Å². The normalized spacial score (nSPS) is 11.7. The van der Waals surface area contributed by atoms with E-state index in [1.807, 2.05) is 37.3 Å². The van der Waals surface area contributed by atoms with Crippen molar-refractivity contribution in [3.63, 3.8) is 0 Å². The largest absolute Gasteiger partial charge is 0.349 e. The van der Waals surface area contributed by atoms with E-state index >= 15 is 0 Å². The summed E-state index contributed by atoms with van der Waals surface area (Å²) in [7, 11) is 0. The minimum absolute atomic E-state index is 0.0689. The van der Waals surface area contributed by atoms with Crippen molar-refractivity contribution in [1.29, 1.82) is 0 Å². The first-order valence-electron chi connectivity index (χ1n) is 9.36. The first-order valence-corrected chi connectivity index (χ1v) is 9.36. The lowest BCUT2D eigenvalue weighted by atomic mass is 10.1. The van der Waals surface area contributed by atoms with E-state index in [4.69, 9.17) is 0 Å². The zero-order valence-electron chi connectivity index (χ0n) is 16.7. The zero-order chi connectivity index (χ0) is 20.7. The van der Waals surface area contributed by atoms with Crippen LogP contribution in [0, 0.1) is 17.6 Å². The van der Waals surface area contributed by atoms with Gasteiger partial charge in [0.05, 0.1) is 5.56 Å². The Morgan fingerprint density at radius 1 is 1.04 bits per heavy atom. The number of pyridine rings is 1. The van der Waals surface area contributed by atoms with E-state index in [1.165, 1.54) is 18.3 Å². The molecule has 1 N–H and O–H groups in total. The molecule has 0 aliphatic carbocycles. The van der Waals surface area contributed by atoms with Gasteiger partial charge in [0.15, 0.2) is 11.6 Å². The average Bonchev–Trinajstić information content (AvgIpc) is 2.64. The van der Waals surface area contributed by atoms with Gasteiger partial charge in [0.1, 0.15) is 5.52 Å². The first kappa shape index (κ1) is 21.5. The highest BCUT2D eigenvalue weighted by atomic mass is 19.2. The molecule has 3 aromatic rings. The molecule has 0 bridgehead atoms. The molecule has 3 nitrogen and oxygen atoms in total. The molecule has 0 saturated carbocycles. The molecule has 1 atom stereocenters. The molecule has 0 radical (unpaired) electrons. The fourth-order valence-electron chi connectivity index (χ4n) is 2.59. The summed E-state index contributed by atoms with van der Waals surface area (Å²) in [6.45, 7) is 8.41. The molecule has 1 amide bonds. The quantitative estimate of drug-likeness (QED) is 0.642. The second kappa shape index (κ2) is 9.93. The van der Waals surface area contributed by atoms with Crippen molar-refractivity contribution >= 4 is 16.8 Å². The van der Waals surface area contributed by atoms with Gasteiger partial charge in [0.25, 0.3) is 5.91 Å². The Balaban J connectivity index is 0.000000640. The van der Waals surface area contributed by atoms with Crippen molar-refractivity contribution in [2.24, 2.45) is 5.92 Å². The molecule has 148 valence electrons. The van der Waals surface area contributed by atoms with Gasteiger partial charge < -0.3 is 5.32 Å². The monoisotopic (exact) mass is 384 g/mol. The number of hydrogen-bond donors (Lipinski definition) is 1. The van der Waals surface area contributed by atoms with Crippen LogP contribution in [0.1, 0.15) is 43.6 Å². The Morgan fingerprint density at radius 2 is 1.68 bits per heavy atom. The Labute approximate surface area is 164 Å². The highest BCUT2D eigenvalue weighted by Gasteiger charge is 2.14. The van der Waals surface area contributed by atoms with Gasteiger partial charge >= 0.3 is 0 Å². The van der Waals surface area contributed by atoms with E-state index in [0.29, 0.717) is 17.4 Å². The van der Waals surface area contributed by atoms with Crippen LogP contribution >= 0.6 is 0 Å². The van der Waals surface area contributed by atoms with E-state index in [2.05, 4.69) is 31.1 Å². The summed E-state index contributed by atoms with van der Waals surface area (Å²) >= 11 is 0. The van der Waals surface area contributed by atoms with E-state index in [9.17, 15) is 13.6 Å². The minimum Gasteiger partial charge on any atom is -0.349 e. The van der Waals surface area contributed by atoms with Crippen LogP contribution in [0.3, 0.4) is 0 Å². The third-order valence-corrected chi connectivity index (χ3v) is 3.77. The number of nitrogens with zero attached hydrogens (tertiary/aromatic N) is 1. The van der Waals surface area contributed by atoms with Crippen LogP contribution in [0.5, 0.6) is 0 Å². The topological polar surface area (TPSA) is 42.0 Å². The van der Waals surface area contributed by atoms with Crippen LogP contribution in [-0.2, 0) is 6.42 Å². The lowest BCUT2D eigenvalue weighted by Gasteiger charge is -2.14. The summed E-state index contributed by atoms with van der Waals surface area (Å²) in [6, 6.07) is 13.7. The predicted octanol–water partition coefficient (Wildman–Crippen LogP) is 5.54. The van der Waals surface area contributed by atoms with Crippen LogP contribution in [0.25, 0.3) is 10.9 Å². The highest BCUT2D eigenvalue weighted by Crippen LogP contribution is 2.19. The summed E-state index contributed by atoms with van der Waals surface area (Å²) in [4.78, 5) is 16.2. The molecule has 0 saturated heterocycles. The van der Waals surface area contributed by atoms with Crippen molar-refractivity contribution in [2.45, 2.75) is 40.2 Å². The van der Waals surface area contributed by atoms with Gasteiger partial charge in [-0.15, -0.1) is 0 Å². The second-order valence-electron chi connectivity index (χ2n) is 7.45. The average molecular weight is 384 g/mol. The maximum atomic E-state index is 13.6. The van der Waals surface area contributed by atoms with Gasteiger partial charge in [-0.3, -0.25) is 9.78 Å². The fourth-order valence-corrected chi connectivity index (χ4v) is 2.59. The number of aromatic nitrogens is 1. The lowest BCUT2D eigenvalue weighted by Crippen LogP contribution is -2.34. The standard InChI is InChI=1S/C19H16F2N2O.C4H10/c1-12(9-13-5-3-2-4-6-13)23-19(24)15-10-14-7-8-16(20)17(21)18(14)22-11-15;1-4(2)3/h2-8,10-12H,9H2,1H3,(H,23,24);4H,1-3H3. The number of amides is 1. The summed E-state index contributed by atoms with van der Waals surface area (Å²) in [5.41, 5.74) is 1.36. The number of halogens is 2. The summed E-state index contributed by atoms with van der Waals surface area (Å²) in [6.07, 6.45) is 1.96. The number of benzene rings is 2. The smallest absolute Gasteiger partial charge is 0.253 e. The molecule has 0 aliphatic rings. The molecule has 0 spiro atoms. The predicted molar refractivity (Wildman–Crippen MR) is 109 cm³/mol. The van der Waals surface area contributed by atoms with Crippen LogP contribution in [0.15, 0.2) is 54.7 Å². The summed E-state index contributed by atoms with van der Waals surface area (Å²) in [5, 5.41) is 3.27. The molecule has 2 aromatic carbocycles. The van der Waals surface area contributed by atoms with Crippen molar-refractivity contribution in [3.8, 4) is 0 Å². The Morgan fingerprint density at radius 3 is 2.32 bits per heavy atom. The number of nitrogens with one attached hydrogen (secondary N) is 1. The molecular weight excluding hydrogens is 358 g/mol. The van der Waals surface area contributed by atoms with Crippen LogP contribution < -0.4 is 5.32 Å². The molecule has 1 unspecified atom stereocenters. The summed E-state index contributed by atoms with van der Waals surface area (Å²) < 4.78 is 26.8. The van der Waals surface area contributed by atoms with Crippen LogP contribution in [-0.4, -0.2) is 16.9 Å². The minimum atomic E-state index is -1.00. The molecule has 0 fully saturated rings. The Bertz CT molecular complexity index is 924. The van der Waals surface area contributed by atoms with Gasteiger partial charge in [-0.05, 0) is 43.0 Å². The van der Waals surface area contributed by atoms with E-state index < -0.39 is 11.6 Å². The molecule has 1 aromatic heterocycles. The SMILES string of the molecule is CC(C)C.CC(Cc1ccccc1)NC(=O)c1cnc2c(F)c(F)ccc2c1. The summed E-state index contributed by atoms with van der Waals surface area (Å²) in [5.74, 6) is -1.42. The van der Waals surface area contributed by atoms with Gasteiger partial charge in [0.2, 0.25) is 0 Å². The van der Waals surface area contributed by atoms with Crippen molar-refractivity contribution in [2.75, 3.05) is 0 Å². The van der Waals surface area contributed by atoms with Gasteiger partial charge in [0, 0.05) is 17.6 Å². The number of rotatable bonds is 4. The third-order valence-electron chi connectivity index (χ3n) is 3.77. The molecule has 0 aliphatic heterocycles. The van der Waals surface area contributed by atoms with E-state index in [-0.39, 0.29) is 17.5 Å². The number of carbonyl (C=O) groups is 1. The van der Waals surface area contributed by atoms with E-state index in [1.54, 1.807) is 0 Å². The third kappa shape index (κ3) is 6.12. The maximum Gasteiger partial charge on any atom is 0.253 e. The number of carbonyl (C=O) groups excluding carboxylic acids is 1. The zero-order valence-corrected chi connectivity index (χ0v) is 16.7. The molecule has 28 heavy (non-hydrogen) atoms. The number of hydrogen-bond acceptors (Lipinski definition) is 2. The van der Waals surface area contributed by atoms with Crippen molar-refractivity contribution in [3.05, 3.63) is 77.5 Å². The maximum absolute atomic E-state index is 13.6. The molecule has 1 heterocycles. The Hall–Kier alpha value is -2.82. The van der Waals surface area contributed by atoms with Crippen LogP contribution in [0.4, 0.5) is 8.78 Å². The molecule has 5 heteroatoms. The van der Waals surface area contributed by atoms with Gasteiger partial charge in [-0.2, -0.15) is 0 Å². The van der Waals surface area contributed by atoms with Gasteiger partial charge in [-0.1, -0.05) is 51.1 Å². The second-order valence-corrected chi connectivity index (χ2v) is 7.45. The fraction of sp³-hybridized carbons (Fsp3) is 0.304. The van der Waals surface area contributed by atoms with Gasteiger partial charge in [-0.25, -0.2) is 8.78 Å². The van der Waals surface area contributed by atoms with E-state index in [0.717, 1.165) is 17.5 Å². The molecular formula is C23H26F2N2O.